The van der Waals surface area contributed by atoms with Crippen LogP contribution >= 0.6 is 15.9 Å². The number of halogens is 1. The number of nitrogens with one attached hydrogen (secondary N) is 1. The lowest BCUT2D eigenvalue weighted by Crippen LogP contribution is -2.17. The third-order valence-corrected chi connectivity index (χ3v) is 3.28. The van der Waals surface area contributed by atoms with Crippen LogP contribution in [0, 0.1) is 6.92 Å². The summed E-state index contributed by atoms with van der Waals surface area (Å²) in [4.78, 5) is 0. The highest BCUT2D eigenvalue weighted by atomic mass is 79.9. The predicted octanol–water partition coefficient (Wildman–Crippen LogP) is 4.20. The maximum atomic E-state index is 5.52. The molecule has 0 amide bonds. The number of furan rings is 1. The predicted molar refractivity (Wildman–Crippen MR) is 72.8 cm³/mol. The molecule has 1 heterocycles. The van der Waals surface area contributed by atoms with Crippen molar-refractivity contribution in [3.63, 3.8) is 0 Å². The van der Waals surface area contributed by atoms with Gasteiger partial charge in [0.2, 0.25) is 0 Å². The summed E-state index contributed by atoms with van der Waals surface area (Å²) in [5, 5.41) is 3.44. The Kier molecular flexibility index (Phi) is 4.02. The first kappa shape index (κ1) is 12.4. The first-order valence-corrected chi connectivity index (χ1v) is 6.48. The van der Waals surface area contributed by atoms with E-state index in [0.717, 1.165) is 22.5 Å². The topological polar surface area (TPSA) is 25.2 Å². The van der Waals surface area contributed by atoms with E-state index in [1.807, 2.05) is 19.1 Å². The molecule has 0 saturated carbocycles. The van der Waals surface area contributed by atoms with Gasteiger partial charge in [-0.05, 0) is 43.7 Å². The van der Waals surface area contributed by atoms with Crippen LogP contribution in [0.15, 0.2) is 45.3 Å². The molecule has 2 rings (SSSR count). The lowest BCUT2D eigenvalue weighted by atomic mass is 10.1. The summed E-state index contributed by atoms with van der Waals surface area (Å²) in [6.45, 7) is 4.87. The van der Waals surface area contributed by atoms with Crippen molar-refractivity contribution in [2.24, 2.45) is 0 Å². The fourth-order valence-corrected chi connectivity index (χ4v) is 1.97. The molecule has 0 fully saturated rings. The van der Waals surface area contributed by atoms with Gasteiger partial charge in [-0.25, -0.2) is 0 Å². The molecule has 0 aliphatic carbocycles. The Hall–Kier alpha value is -1.06. The van der Waals surface area contributed by atoms with E-state index in [-0.39, 0.29) is 0 Å². The Labute approximate surface area is 110 Å². The van der Waals surface area contributed by atoms with Crippen LogP contribution in [0.5, 0.6) is 0 Å². The normalized spacial score (nSPS) is 12.6. The van der Waals surface area contributed by atoms with Gasteiger partial charge in [0.15, 0.2) is 0 Å². The third kappa shape index (κ3) is 3.45. The Morgan fingerprint density at radius 3 is 2.47 bits per heavy atom. The lowest BCUT2D eigenvalue weighted by Gasteiger charge is -2.13. The van der Waals surface area contributed by atoms with Gasteiger partial charge in [0.25, 0.3) is 0 Å². The van der Waals surface area contributed by atoms with E-state index in [2.05, 4.69) is 52.4 Å². The first-order chi connectivity index (χ1) is 8.15. The molecule has 90 valence electrons. The third-order valence-electron chi connectivity index (χ3n) is 2.75. The van der Waals surface area contributed by atoms with Crippen molar-refractivity contribution in [2.75, 3.05) is 0 Å². The summed E-state index contributed by atoms with van der Waals surface area (Å²) in [6, 6.07) is 12.7. The molecule has 3 heteroatoms. The van der Waals surface area contributed by atoms with Crippen LogP contribution in [-0.4, -0.2) is 0 Å². The molecule has 0 spiro atoms. The van der Waals surface area contributed by atoms with E-state index in [4.69, 9.17) is 4.42 Å². The van der Waals surface area contributed by atoms with Crippen molar-refractivity contribution >= 4 is 15.9 Å². The van der Waals surface area contributed by atoms with Crippen LogP contribution in [0.3, 0.4) is 0 Å². The number of aryl methyl sites for hydroxylation is 1. The number of hydrogen-bond donors (Lipinski definition) is 1. The minimum absolute atomic E-state index is 0.313. The van der Waals surface area contributed by atoms with E-state index in [9.17, 15) is 0 Å². The van der Waals surface area contributed by atoms with Crippen LogP contribution < -0.4 is 5.32 Å². The van der Waals surface area contributed by atoms with Crippen LogP contribution in [0.2, 0.25) is 0 Å². The van der Waals surface area contributed by atoms with E-state index in [1.54, 1.807) is 0 Å². The molecule has 0 aliphatic rings. The van der Waals surface area contributed by atoms with Crippen LogP contribution in [-0.2, 0) is 6.54 Å². The second-order valence-corrected chi connectivity index (χ2v) is 5.08. The van der Waals surface area contributed by atoms with Crippen molar-refractivity contribution < 1.29 is 4.42 Å². The molecule has 1 aromatic heterocycles. The van der Waals surface area contributed by atoms with Gasteiger partial charge in [0.1, 0.15) is 11.5 Å². The molecule has 0 aliphatic heterocycles. The van der Waals surface area contributed by atoms with Crippen molar-refractivity contribution in [2.45, 2.75) is 26.4 Å². The SMILES string of the molecule is Cc1ccc(CNC(C)c2ccc(Br)cc2)o1. The quantitative estimate of drug-likeness (QED) is 0.914. The smallest absolute Gasteiger partial charge is 0.117 e. The maximum absolute atomic E-state index is 5.52. The molecule has 0 radical (unpaired) electrons. The van der Waals surface area contributed by atoms with Gasteiger partial charge in [-0.2, -0.15) is 0 Å². The lowest BCUT2D eigenvalue weighted by molar-refractivity contribution is 0.444. The fraction of sp³-hybridized carbons (Fsp3) is 0.286. The zero-order valence-electron chi connectivity index (χ0n) is 10.0. The molecule has 2 nitrogen and oxygen atoms in total. The zero-order valence-corrected chi connectivity index (χ0v) is 11.6. The van der Waals surface area contributed by atoms with E-state index < -0.39 is 0 Å². The van der Waals surface area contributed by atoms with E-state index in [0.29, 0.717) is 6.04 Å². The second kappa shape index (κ2) is 5.52. The van der Waals surface area contributed by atoms with Crippen LogP contribution in [0.1, 0.15) is 30.0 Å². The van der Waals surface area contributed by atoms with Crippen molar-refractivity contribution in [1.29, 1.82) is 0 Å². The molecule has 17 heavy (non-hydrogen) atoms. The van der Waals surface area contributed by atoms with Crippen molar-refractivity contribution in [3.05, 3.63) is 58.0 Å². The average Bonchev–Trinajstić information content (AvgIpc) is 2.73. The number of benzene rings is 1. The summed E-state index contributed by atoms with van der Waals surface area (Å²) < 4.78 is 6.63. The van der Waals surface area contributed by atoms with Gasteiger partial charge in [-0.15, -0.1) is 0 Å². The zero-order chi connectivity index (χ0) is 12.3. The Morgan fingerprint density at radius 1 is 1.18 bits per heavy atom. The summed E-state index contributed by atoms with van der Waals surface area (Å²) in [5.74, 6) is 1.93. The summed E-state index contributed by atoms with van der Waals surface area (Å²) in [5.41, 5.74) is 1.27. The minimum atomic E-state index is 0.313. The van der Waals surface area contributed by atoms with Gasteiger partial charge in [0.05, 0.1) is 6.54 Å². The summed E-state index contributed by atoms with van der Waals surface area (Å²) in [7, 11) is 0. The maximum Gasteiger partial charge on any atom is 0.117 e. The largest absolute Gasteiger partial charge is 0.465 e. The molecule has 0 bridgehead atoms. The number of hydrogen-bond acceptors (Lipinski definition) is 2. The molecule has 0 saturated heterocycles. The highest BCUT2D eigenvalue weighted by Crippen LogP contribution is 2.17. The highest BCUT2D eigenvalue weighted by molar-refractivity contribution is 9.10. The molecule has 1 atom stereocenters. The number of rotatable bonds is 4. The van der Waals surface area contributed by atoms with E-state index >= 15 is 0 Å². The molecular weight excluding hydrogens is 278 g/mol. The van der Waals surface area contributed by atoms with Gasteiger partial charge >= 0.3 is 0 Å². The van der Waals surface area contributed by atoms with Crippen molar-refractivity contribution in [3.8, 4) is 0 Å². The first-order valence-electron chi connectivity index (χ1n) is 5.69. The second-order valence-electron chi connectivity index (χ2n) is 4.17. The van der Waals surface area contributed by atoms with Crippen molar-refractivity contribution in [1.82, 2.24) is 5.32 Å². The molecular formula is C14H16BrNO. The molecule has 2 aromatic rings. The van der Waals surface area contributed by atoms with Gasteiger partial charge in [0, 0.05) is 10.5 Å². The van der Waals surface area contributed by atoms with Gasteiger partial charge in [-0.1, -0.05) is 28.1 Å². The fourth-order valence-electron chi connectivity index (χ4n) is 1.70. The Bertz CT molecular complexity index is 475. The van der Waals surface area contributed by atoms with Crippen LogP contribution in [0.25, 0.3) is 0 Å². The van der Waals surface area contributed by atoms with Gasteiger partial charge < -0.3 is 9.73 Å². The molecule has 1 aromatic carbocycles. The summed E-state index contributed by atoms with van der Waals surface area (Å²) >= 11 is 3.44. The minimum Gasteiger partial charge on any atom is -0.465 e. The Balaban J connectivity index is 1.93. The highest BCUT2D eigenvalue weighted by Gasteiger charge is 2.05. The molecule has 1 unspecified atom stereocenters. The summed E-state index contributed by atoms with van der Waals surface area (Å²) in [6.07, 6.45) is 0. The van der Waals surface area contributed by atoms with Gasteiger partial charge in [-0.3, -0.25) is 0 Å². The van der Waals surface area contributed by atoms with Crippen LogP contribution in [0.4, 0.5) is 0 Å². The monoisotopic (exact) mass is 293 g/mol. The standard InChI is InChI=1S/C14H16BrNO/c1-10-3-8-14(17-10)9-16-11(2)12-4-6-13(15)7-5-12/h3-8,11,16H,9H2,1-2H3. The Morgan fingerprint density at radius 2 is 1.88 bits per heavy atom. The van der Waals surface area contributed by atoms with E-state index in [1.165, 1.54) is 5.56 Å². The average molecular weight is 294 g/mol. The molecule has 1 N–H and O–H groups in total.